The van der Waals surface area contributed by atoms with Gasteiger partial charge in [-0.1, -0.05) is 0 Å². The molecular formula is C12H16FNO2. The van der Waals surface area contributed by atoms with Crippen LogP contribution in [0.1, 0.15) is 24.0 Å². The van der Waals surface area contributed by atoms with E-state index in [1.807, 2.05) is 0 Å². The maximum Gasteiger partial charge on any atom is 0.197 e. The number of rotatable bonds is 3. The molecule has 2 rings (SSSR count). The van der Waals surface area contributed by atoms with Gasteiger partial charge < -0.3 is 15.6 Å². The zero-order valence-electron chi connectivity index (χ0n) is 9.51. The molecule has 0 bridgehead atoms. The first-order valence-corrected chi connectivity index (χ1v) is 5.31. The van der Waals surface area contributed by atoms with Gasteiger partial charge in [0.2, 0.25) is 0 Å². The van der Waals surface area contributed by atoms with Crippen molar-refractivity contribution in [1.82, 2.24) is 0 Å². The molecule has 1 aromatic rings. The Kier molecular flexibility index (Phi) is 2.54. The first-order valence-electron chi connectivity index (χ1n) is 5.31. The van der Waals surface area contributed by atoms with Crippen molar-refractivity contribution in [2.75, 3.05) is 7.11 Å². The van der Waals surface area contributed by atoms with Gasteiger partial charge in [-0.2, -0.15) is 0 Å². The molecule has 0 heterocycles. The second-order valence-electron chi connectivity index (χ2n) is 4.59. The molecule has 0 amide bonds. The number of hydrogen-bond acceptors (Lipinski definition) is 3. The minimum atomic E-state index is -0.498. The number of hydrogen-bond donors (Lipinski definition) is 2. The lowest BCUT2D eigenvalue weighted by Crippen LogP contribution is -2.25. The fourth-order valence-electron chi connectivity index (χ4n) is 1.85. The van der Waals surface area contributed by atoms with Crippen LogP contribution in [0, 0.1) is 12.7 Å². The van der Waals surface area contributed by atoms with Gasteiger partial charge in [0.15, 0.2) is 17.3 Å². The molecule has 4 heteroatoms. The first-order chi connectivity index (χ1) is 7.47. The van der Waals surface area contributed by atoms with Gasteiger partial charge in [-0.3, -0.25) is 0 Å². The molecule has 1 aliphatic rings. The van der Waals surface area contributed by atoms with E-state index in [9.17, 15) is 9.50 Å². The predicted octanol–water partition coefficient (Wildman–Crippen LogP) is 1.88. The standard InChI is InChI=1S/C12H16FNO2/c1-7-5-8(6-12(14)3-4-12)9(13)11(16-2)10(7)15/h5,15H,3-4,6,14H2,1-2H3. The molecule has 1 fully saturated rings. The average Bonchev–Trinajstić information content (AvgIpc) is 2.94. The van der Waals surface area contributed by atoms with Crippen molar-refractivity contribution in [3.8, 4) is 11.5 Å². The monoisotopic (exact) mass is 225 g/mol. The van der Waals surface area contributed by atoms with E-state index in [4.69, 9.17) is 10.5 Å². The summed E-state index contributed by atoms with van der Waals surface area (Å²) in [6.07, 6.45) is 2.35. The highest BCUT2D eigenvalue weighted by Crippen LogP contribution is 2.40. The van der Waals surface area contributed by atoms with Crippen molar-refractivity contribution in [1.29, 1.82) is 0 Å². The van der Waals surface area contributed by atoms with E-state index in [1.165, 1.54) is 7.11 Å². The zero-order chi connectivity index (χ0) is 11.9. The molecule has 0 saturated heterocycles. The van der Waals surface area contributed by atoms with E-state index in [-0.39, 0.29) is 17.0 Å². The normalized spacial score (nSPS) is 17.2. The third-order valence-corrected chi connectivity index (χ3v) is 3.10. The van der Waals surface area contributed by atoms with E-state index in [0.717, 1.165) is 12.8 Å². The third-order valence-electron chi connectivity index (χ3n) is 3.10. The van der Waals surface area contributed by atoms with Crippen molar-refractivity contribution in [2.24, 2.45) is 5.73 Å². The fourth-order valence-corrected chi connectivity index (χ4v) is 1.85. The topological polar surface area (TPSA) is 55.5 Å². The summed E-state index contributed by atoms with van der Waals surface area (Å²) < 4.78 is 18.8. The summed E-state index contributed by atoms with van der Waals surface area (Å²) in [4.78, 5) is 0. The molecule has 0 spiro atoms. The minimum absolute atomic E-state index is 0.0840. The third kappa shape index (κ3) is 1.85. The highest BCUT2D eigenvalue weighted by molar-refractivity contribution is 5.49. The predicted molar refractivity (Wildman–Crippen MR) is 59.2 cm³/mol. The Morgan fingerprint density at radius 1 is 1.56 bits per heavy atom. The average molecular weight is 225 g/mol. The molecule has 0 radical (unpaired) electrons. The molecule has 16 heavy (non-hydrogen) atoms. The number of benzene rings is 1. The Hall–Kier alpha value is -1.29. The van der Waals surface area contributed by atoms with Gasteiger partial charge in [0.25, 0.3) is 0 Å². The highest BCUT2D eigenvalue weighted by atomic mass is 19.1. The molecule has 0 aromatic heterocycles. The Balaban J connectivity index is 2.41. The quantitative estimate of drug-likeness (QED) is 0.825. The second-order valence-corrected chi connectivity index (χ2v) is 4.59. The zero-order valence-corrected chi connectivity index (χ0v) is 9.51. The number of ether oxygens (including phenoxy) is 1. The van der Waals surface area contributed by atoms with Crippen LogP contribution in [0.25, 0.3) is 0 Å². The van der Waals surface area contributed by atoms with Crippen LogP contribution in [0.4, 0.5) is 4.39 Å². The Morgan fingerprint density at radius 2 is 2.19 bits per heavy atom. The molecule has 0 aliphatic heterocycles. The SMILES string of the molecule is COc1c(O)c(C)cc(CC2(N)CC2)c1F. The van der Waals surface area contributed by atoms with Crippen molar-refractivity contribution in [3.05, 3.63) is 23.0 Å². The summed E-state index contributed by atoms with van der Waals surface area (Å²) in [6.45, 7) is 1.72. The molecule has 1 aliphatic carbocycles. The maximum absolute atomic E-state index is 13.9. The van der Waals surface area contributed by atoms with Crippen LogP contribution >= 0.6 is 0 Å². The fraction of sp³-hybridized carbons (Fsp3) is 0.500. The number of halogens is 1. The van der Waals surface area contributed by atoms with E-state index in [0.29, 0.717) is 17.5 Å². The maximum atomic E-state index is 13.9. The highest BCUT2D eigenvalue weighted by Gasteiger charge is 2.39. The summed E-state index contributed by atoms with van der Waals surface area (Å²) in [6, 6.07) is 1.64. The first kappa shape index (κ1) is 11.2. The molecule has 1 saturated carbocycles. The van der Waals surface area contributed by atoms with Crippen LogP contribution < -0.4 is 10.5 Å². The van der Waals surface area contributed by atoms with E-state index in [2.05, 4.69) is 0 Å². The van der Waals surface area contributed by atoms with Crippen LogP contribution in [0.2, 0.25) is 0 Å². The largest absolute Gasteiger partial charge is 0.504 e. The lowest BCUT2D eigenvalue weighted by atomic mass is 10.0. The molecule has 0 atom stereocenters. The summed E-state index contributed by atoms with van der Waals surface area (Å²) in [5, 5.41) is 9.62. The molecule has 3 N–H and O–H groups in total. The molecule has 3 nitrogen and oxygen atoms in total. The lowest BCUT2D eigenvalue weighted by molar-refractivity contribution is 0.347. The van der Waals surface area contributed by atoms with Gasteiger partial charge in [0, 0.05) is 5.54 Å². The van der Waals surface area contributed by atoms with Crippen LogP contribution in [0.3, 0.4) is 0 Å². The van der Waals surface area contributed by atoms with Crippen molar-refractivity contribution < 1.29 is 14.2 Å². The Labute approximate surface area is 94.0 Å². The van der Waals surface area contributed by atoms with Crippen molar-refractivity contribution >= 4 is 0 Å². The van der Waals surface area contributed by atoms with Gasteiger partial charge in [-0.05, 0) is 43.4 Å². The summed E-state index contributed by atoms with van der Waals surface area (Å²) in [5.41, 5.74) is 6.83. The second kappa shape index (κ2) is 3.63. The van der Waals surface area contributed by atoms with Crippen molar-refractivity contribution in [3.63, 3.8) is 0 Å². The smallest absolute Gasteiger partial charge is 0.197 e. The molecule has 1 aromatic carbocycles. The lowest BCUT2D eigenvalue weighted by Gasteiger charge is -2.14. The number of phenols is 1. The van der Waals surface area contributed by atoms with E-state index in [1.54, 1.807) is 13.0 Å². The van der Waals surface area contributed by atoms with Gasteiger partial charge >= 0.3 is 0 Å². The van der Waals surface area contributed by atoms with Crippen LogP contribution in [-0.4, -0.2) is 17.8 Å². The number of phenolic OH excluding ortho intramolecular Hbond substituents is 1. The van der Waals surface area contributed by atoms with Gasteiger partial charge in [0.05, 0.1) is 7.11 Å². The molecule has 0 unspecified atom stereocenters. The molecule has 88 valence electrons. The Morgan fingerprint density at radius 3 is 2.69 bits per heavy atom. The molecular weight excluding hydrogens is 209 g/mol. The van der Waals surface area contributed by atoms with Crippen molar-refractivity contribution in [2.45, 2.75) is 31.7 Å². The summed E-state index contributed by atoms with van der Waals surface area (Å²) >= 11 is 0. The van der Waals surface area contributed by atoms with Gasteiger partial charge in [-0.15, -0.1) is 0 Å². The van der Waals surface area contributed by atoms with E-state index < -0.39 is 5.82 Å². The summed E-state index contributed by atoms with van der Waals surface area (Å²) in [5.74, 6) is -0.716. The van der Waals surface area contributed by atoms with Gasteiger partial charge in [-0.25, -0.2) is 4.39 Å². The van der Waals surface area contributed by atoms with Gasteiger partial charge in [0.1, 0.15) is 0 Å². The van der Waals surface area contributed by atoms with Crippen LogP contribution in [0.5, 0.6) is 11.5 Å². The van der Waals surface area contributed by atoms with E-state index >= 15 is 0 Å². The Bertz CT molecular complexity index is 428. The van der Waals surface area contributed by atoms with Crippen LogP contribution in [-0.2, 0) is 6.42 Å². The number of methoxy groups -OCH3 is 1. The minimum Gasteiger partial charge on any atom is -0.504 e. The number of aryl methyl sites for hydroxylation is 1. The van der Waals surface area contributed by atoms with Crippen LogP contribution in [0.15, 0.2) is 6.07 Å². The number of nitrogens with two attached hydrogens (primary N) is 1. The summed E-state index contributed by atoms with van der Waals surface area (Å²) in [7, 11) is 1.34. The number of aromatic hydroxyl groups is 1.